The fourth-order valence-corrected chi connectivity index (χ4v) is 4.39. The molecule has 2 aromatic carbocycles. The normalized spacial score (nSPS) is 13.0. The monoisotopic (exact) mass is 425 g/mol. The van der Waals surface area contributed by atoms with Crippen LogP contribution in [-0.2, 0) is 6.54 Å². The maximum Gasteiger partial charge on any atom is 0.362 e. The number of benzene rings is 2. The minimum Gasteiger partial charge on any atom is -0.497 e. The van der Waals surface area contributed by atoms with Gasteiger partial charge in [-0.1, -0.05) is 50.6 Å². The smallest absolute Gasteiger partial charge is 0.362 e. The Bertz CT molecular complexity index is 1060. The van der Waals surface area contributed by atoms with Gasteiger partial charge in [-0.2, -0.15) is 0 Å². The number of carbonyl (C=O) groups excluding carboxylic acids is 1. The van der Waals surface area contributed by atoms with Gasteiger partial charge < -0.3 is 24.1 Å². The molecule has 6 nitrogen and oxygen atoms in total. The number of ether oxygens (including phenoxy) is 1. The molecule has 0 saturated heterocycles. The molecule has 0 saturated carbocycles. The van der Waals surface area contributed by atoms with E-state index in [4.69, 9.17) is 9.15 Å². The van der Waals surface area contributed by atoms with Gasteiger partial charge in [0.25, 0.3) is 5.91 Å². The molecular weight excluding hydrogens is 398 g/mol. The highest BCUT2D eigenvalue weighted by atomic mass is 28.4. The van der Waals surface area contributed by atoms with Gasteiger partial charge in [0.05, 0.1) is 7.11 Å². The summed E-state index contributed by atoms with van der Waals surface area (Å²) in [5.74, 6) is 0.630. The van der Waals surface area contributed by atoms with E-state index in [1.54, 1.807) is 31.4 Å². The predicted octanol–water partition coefficient (Wildman–Crippen LogP) is 4.15. The van der Waals surface area contributed by atoms with E-state index in [2.05, 4.69) is 5.32 Å². The summed E-state index contributed by atoms with van der Waals surface area (Å²) in [6, 6.07) is 14.6. The fraction of sp³-hybridized carbons (Fsp3) is 0.261. The van der Waals surface area contributed by atoms with Gasteiger partial charge in [-0.25, -0.2) is 0 Å². The zero-order valence-electron chi connectivity index (χ0n) is 17.4. The van der Waals surface area contributed by atoms with E-state index in [1.165, 1.54) is 5.70 Å². The number of nitrogens with one attached hydrogen (secondary N) is 1. The van der Waals surface area contributed by atoms with Gasteiger partial charge in [-0.05, 0) is 41.1 Å². The van der Waals surface area contributed by atoms with Crippen molar-refractivity contribution in [2.75, 3.05) is 7.11 Å². The van der Waals surface area contributed by atoms with Crippen LogP contribution in [0.4, 0.5) is 0 Å². The fourth-order valence-electron chi connectivity index (χ4n) is 3.02. The molecule has 0 fully saturated rings. The summed E-state index contributed by atoms with van der Waals surface area (Å²) >= 11 is 0. The molecule has 1 unspecified atom stereocenters. The zero-order chi connectivity index (χ0) is 21.7. The molecule has 0 bridgehead atoms. The van der Waals surface area contributed by atoms with E-state index in [0.717, 1.165) is 16.5 Å². The van der Waals surface area contributed by atoms with Crippen LogP contribution in [-0.4, -0.2) is 31.2 Å². The van der Waals surface area contributed by atoms with Crippen molar-refractivity contribution in [1.82, 2.24) is 5.32 Å². The van der Waals surface area contributed by atoms with Crippen LogP contribution in [0.3, 0.4) is 0 Å². The standard InChI is InChI=1S/C23H27NO5Si/c1-4-16(2)30(26,27)11-10-17-6-5-7-18(12-17)15-24-23(25)22-14-19-13-20(28-3)8-9-21(19)29-22/h5-14,16,26-27H,4,15H2,1-3H3,(H,24,25). The number of methoxy groups -OCH3 is 1. The van der Waals surface area contributed by atoms with E-state index >= 15 is 0 Å². The van der Waals surface area contributed by atoms with Gasteiger partial charge in [0, 0.05) is 17.5 Å². The topological polar surface area (TPSA) is 91.9 Å². The first-order valence-electron chi connectivity index (χ1n) is 9.91. The highest BCUT2D eigenvalue weighted by Gasteiger charge is 2.32. The van der Waals surface area contributed by atoms with Crippen molar-refractivity contribution in [3.63, 3.8) is 0 Å². The Balaban J connectivity index is 1.66. The van der Waals surface area contributed by atoms with E-state index in [9.17, 15) is 14.4 Å². The minimum atomic E-state index is -3.38. The number of hydrogen-bond acceptors (Lipinski definition) is 5. The molecule has 3 aromatic rings. The molecule has 0 spiro atoms. The van der Waals surface area contributed by atoms with Crippen molar-refractivity contribution in [3.8, 4) is 5.75 Å². The summed E-state index contributed by atoms with van der Waals surface area (Å²) < 4.78 is 10.8. The first-order valence-corrected chi connectivity index (χ1v) is 12.0. The summed E-state index contributed by atoms with van der Waals surface area (Å²) in [7, 11) is -1.79. The third-order valence-electron chi connectivity index (χ3n) is 5.21. The lowest BCUT2D eigenvalue weighted by molar-refractivity contribution is 0.0925. The van der Waals surface area contributed by atoms with E-state index in [-0.39, 0.29) is 17.2 Å². The molecule has 3 rings (SSSR count). The predicted molar refractivity (Wildman–Crippen MR) is 119 cm³/mol. The molecule has 0 aliphatic carbocycles. The van der Waals surface area contributed by atoms with Crippen molar-refractivity contribution in [2.24, 2.45) is 0 Å². The van der Waals surface area contributed by atoms with Gasteiger partial charge in [0.2, 0.25) is 0 Å². The lowest BCUT2D eigenvalue weighted by Crippen LogP contribution is -2.37. The highest BCUT2D eigenvalue weighted by molar-refractivity contribution is 6.72. The Hall–Kier alpha value is -2.87. The second-order valence-electron chi connectivity index (χ2n) is 7.37. The summed E-state index contributed by atoms with van der Waals surface area (Å²) in [4.78, 5) is 33.0. The first kappa shape index (κ1) is 21.8. The molecule has 1 atom stereocenters. The minimum absolute atomic E-state index is 0.139. The van der Waals surface area contributed by atoms with Crippen LogP contribution in [0.2, 0.25) is 5.54 Å². The summed E-state index contributed by atoms with van der Waals surface area (Å²) in [6.07, 6.45) is 2.44. The van der Waals surface area contributed by atoms with Crippen LogP contribution in [0.5, 0.6) is 5.75 Å². The molecule has 158 valence electrons. The Labute approximate surface area is 177 Å². The molecule has 0 aliphatic heterocycles. The van der Waals surface area contributed by atoms with Crippen LogP contribution in [0, 0.1) is 0 Å². The molecule has 7 heteroatoms. The van der Waals surface area contributed by atoms with E-state index in [0.29, 0.717) is 24.3 Å². The van der Waals surface area contributed by atoms with E-state index in [1.807, 2.05) is 44.2 Å². The number of rotatable bonds is 8. The molecule has 30 heavy (non-hydrogen) atoms. The molecule has 1 amide bonds. The van der Waals surface area contributed by atoms with Crippen molar-refractivity contribution in [3.05, 3.63) is 71.1 Å². The average molecular weight is 426 g/mol. The second kappa shape index (κ2) is 9.29. The van der Waals surface area contributed by atoms with Crippen molar-refractivity contribution in [2.45, 2.75) is 32.4 Å². The Morgan fingerprint density at radius 3 is 2.77 bits per heavy atom. The van der Waals surface area contributed by atoms with Crippen LogP contribution >= 0.6 is 0 Å². The van der Waals surface area contributed by atoms with Gasteiger partial charge >= 0.3 is 8.56 Å². The SMILES string of the molecule is CCC(C)[Si](O)(O)C=Cc1cccc(CNC(=O)c2cc3cc(OC)ccc3o2)c1. The number of fused-ring (bicyclic) bond motifs is 1. The van der Waals surface area contributed by atoms with Crippen LogP contribution in [0.1, 0.15) is 41.9 Å². The zero-order valence-corrected chi connectivity index (χ0v) is 18.4. The molecule has 0 radical (unpaired) electrons. The van der Waals surface area contributed by atoms with Gasteiger partial charge in [0.1, 0.15) is 11.3 Å². The van der Waals surface area contributed by atoms with E-state index < -0.39 is 8.56 Å². The maximum atomic E-state index is 12.5. The van der Waals surface area contributed by atoms with Crippen molar-refractivity contribution in [1.29, 1.82) is 0 Å². The quantitative estimate of drug-likeness (QED) is 0.472. The summed E-state index contributed by atoms with van der Waals surface area (Å²) in [5, 5.41) is 3.65. The average Bonchev–Trinajstić information content (AvgIpc) is 3.19. The molecular formula is C23H27NO5Si. The molecule has 1 aromatic heterocycles. The Kier molecular flexibility index (Phi) is 6.76. The number of hydrogen-bond donors (Lipinski definition) is 3. The lowest BCUT2D eigenvalue weighted by Gasteiger charge is -2.19. The number of amides is 1. The third kappa shape index (κ3) is 5.18. The third-order valence-corrected chi connectivity index (χ3v) is 7.73. The number of carbonyl (C=O) groups is 1. The largest absolute Gasteiger partial charge is 0.497 e. The summed E-state index contributed by atoms with van der Waals surface area (Å²) in [6.45, 7) is 4.11. The first-order chi connectivity index (χ1) is 14.3. The lowest BCUT2D eigenvalue weighted by atomic mass is 10.1. The highest BCUT2D eigenvalue weighted by Crippen LogP contribution is 2.24. The molecule has 1 heterocycles. The molecule has 3 N–H and O–H groups in total. The van der Waals surface area contributed by atoms with Crippen LogP contribution in [0.25, 0.3) is 17.0 Å². The van der Waals surface area contributed by atoms with Crippen LogP contribution < -0.4 is 10.1 Å². The summed E-state index contributed by atoms with van der Waals surface area (Å²) in [5.41, 5.74) is 3.76. The Morgan fingerprint density at radius 2 is 2.03 bits per heavy atom. The van der Waals surface area contributed by atoms with Gasteiger partial charge in [-0.3, -0.25) is 4.79 Å². The Morgan fingerprint density at radius 1 is 1.23 bits per heavy atom. The molecule has 0 aliphatic rings. The number of furan rings is 1. The van der Waals surface area contributed by atoms with Gasteiger partial charge in [0.15, 0.2) is 5.76 Å². The van der Waals surface area contributed by atoms with Crippen molar-refractivity contribution < 1.29 is 23.5 Å². The van der Waals surface area contributed by atoms with Gasteiger partial charge in [-0.15, -0.1) is 0 Å². The maximum absolute atomic E-state index is 12.5. The second-order valence-corrected chi connectivity index (χ2v) is 10.3. The van der Waals surface area contributed by atoms with Crippen LogP contribution in [0.15, 0.2) is 58.6 Å². The van der Waals surface area contributed by atoms with Crippen molar-refractivity contribution >= 4 is 31.5 Å².